The maximum Gasteiger partial charge on any atom is 0.223 e. The molecule has 0 aliphatic rings. The Morgan fingerprint density at radius 1 is 1.38 bits per heavy atom. The van der Waals surface area contributed by atoms with Gasteiger partial charge in [0.25, 0.3) is 0 Å². The van der Waals surface area contributed by atoms with Gasteiger partial charge in [-0.15, -0.1) is 0 Å². The molecule has 2 N–H and O–H groups in total. The fraction of sp³-hybridized carbons (Fsp3) is 0.273. The van der Waals surface area contributed by atoms with Gasteiger partial charge in [-0.1, -0.05) is 22.8 Å². The van der Waals surface area contributed by atoms with E-state index in [1.165, 1.54) is 0 Å². The van der Waals surface area contributed by atoms with Crippen molar-refractivity contribution in [3.05, 3.63) is 46.1 Å². The molecule has 1 heterocycles. The van der Waals surface area contributed by atoms with Crippen LogP contribution in [0.1, 0.15) is 28.9 Å². The third kappa shape index (κ3) is 2.08. The molecule has 5 heteroatoms. The molecule has 2 aromatic rings. The van der Waals surface area contributed by atoms with Gasteiger partial charge in [-0.2, -0.15) is 4.98 Å². The van der Waals surface area contributed by atoms with Crippen LogP contribution in [-0.2, 0) is 0 Å². The quantitative estimate of drug-likeness (QED) is 0.871. The number of aryl methyl sites for hydroxylation is 2. The van der Waals surface area contributed by atoms with E-state index < -0.39 is 0 Å². The average molecular weight is 238 g/mol. The van der Waals surface area contributed by atoms with Crippen LogP contribution in [0.25, 0.3) is 0 Å². The van der Waals surface area contributed by atoms with E-state index in [-0.39, 0.29) is 6.04 Å². The topological polar surface area (TPSA) is 64.9 Å². The maximum absolute atomic E-state index is 6.05. The molecule has 1 unspecified atom stereocenters. The lowest BCUT2D eigenvalue weighted by molar-refractivity contribution is 0.385. The van der Waals surface area contributed by atoms with Gasteiger partial charge in [-0.3, -0.25) is 0 Å². The number of benzene rings is 1. The summed E-state index contributed by atoms with van der Waals surface area (Å²) in [6.45, 7) is 3.69. The summed E-state index contributed by atoms with van der Waals surface area (Å²) in [7, 11) is 0. The van der Waals surface area contributed by atoms with Gasteiger partial charge in [0.1, 0.15) is 0 Å². The molecular weight excluding hydrogens is 226 g/mol. The van der Waals surface area contributed by atoms with Crippen molar-refractivity contribution in [2.45, 2.75) is 19.9 Å². The highest BCUT2D eigenvalue weighted by molar-refractivity contribution is 6.30. The van der Waals surface area contributed by atoms with Crippen LogP contribution >= 0.6 is 11.6 Å². The number of halogens is 1. The molecule has 4 nitrogen and oxygen atoms in total. The monoisotopic (exact) mass is 237 g/mol. The van der Waals surface area contributed by atoms with Crippen molar-refractivity contribution in [2.75, 3.05) is 0 Å². The van der Waals surface area contributed by atoms with Crippen molar-refractivity contribution in [2.24, 2.45) is 5.73 Å². The number of hydrogen-bond acceptors (Lipinski definition) is 4. The second-order valence-corrected chi connectivity index (χ2v) is 4.09. The summed E-state index contributed by atoms with van der Waals surface area (Å²) in [6.07, 6.45) is 0. The maximum atomic E-state index is 6.05. The van der Waals surface area contributed by atoms with Gasteiger partial charge in [-0.05, 0) is 30.2 Å². The van der Waals surface area contributed by atoms with Crippen LogP contribution in [0.15, 0.2) is 22.7 Å². The minimum Gasteiger partial charge on any atom is -0.340 e. The molecule has 1 aromatic carbocycles. The van der Waals surface area contributed by atoms with Crippen LogP contribution in [0.2, 0.25) is 5.02 Å². The predicted molar refractivity (Wildman–Crippen MR) is 61.3 cm³/mol. The van der Waals surface area contributed by atoms with Crippen LogP contribution in [0, 0.1) is 13.8 Å². The lowest BCUT2D eigenvalue weighted by Gasteiger charge is -2.10. The van der Waals surface area contributed by atoms with Crippen molar-refractivity contribution >= 4 is 11.6 Å². The Balaban J connectivity index is 2.37. The second-order valence-electron chi connectivity index (χ2n) is 3.65. The molecule has 1 aromatic heterocycles. The summed E-state index contributed by atoms with van der Waals surface area (Å²) >= 11 is 5.88. The molecule has 0 fully saturated rings. The molecule has 0 bridgehead atoms. The molecule has 2 rings (SSSR count). The molecular formula is C11H12ClN3O. The van der Waals surface area contributed by atoms with Crippen LogP contribution in [0.4, 0.5) is 0 Å². The molecule has 0 saturated heterocycles. The molecule has 0 spiro atoms. The summed E-state index contributed by atoms with van der Waals surface area (Å²) in [6, 6.07) is 5.17. The highest BCUT2D eigenvalue weighted by Crippen LogP contribution is 2.23. The first-order chi connectivity index (χ1) is 7.58. The average Bonchev–Trinajstić information content (AvgIpc) is 2.64. The van der Waals surface area contributed by atoms with Crippen LogP contribution in [0.5, 0.6) is 0 Å². The van der Waals surface area contributed by atoms with Crippen molar-refractivity contribution in [1.82, 2.24) is 10.1 Å². The SMILES string of the molecule is Cc1nc(C(N)c2ccc(Cl)cc2C)no1. The summed E-state index contributed by atoms with van der Waals surface area (Å²) in [5.41, 5.74) is 8.02. The van der Waals surface area contributed by atoms with E-state index in [2.05, 4.69) is 10.1 Å². The number of nitrogens with zero attached hydrogens (tertiary/aromatic N) is 2. The normalized spacial score (nSPS) is 12.8. The minimum absolute atomic E-state index is 0.380. The first kappa shape index (κ1) is 11.1. The van der Waals surface area contributed by atoms with Gasteiger partial charge in [0, 0.05) is 11.9 Å². The van der Waals surface area contributed by atoms with E-state index in [0.717, 1.165) is 11.1 Å². The number of aromatic nitrogens is 2. The molecule has 0 saturated carbocycles. The Morgan fingerprint density at radius 3 is 2.69 bits per heavy atom. The van der Waals surface area contributed by atoms with Crippen molar-refractivity contribution in [1.29, 1.82) is 0 Å². The summed E-state index contributed by atoms with van der Waals surface area (Å²) in [4.78, 5) is 4.11. The highest BCUT2D eigenvalue weighted by atomic mass is 35.5. The van der Waals surface area contributed by atoms with Crippen molar-refractivity contribution < 1.29 is 4.52 Å². The van der Waals surface area contributed by atoms with E-state index >= 15 is 0 Å². The van der Waals surface area contributed by atoms with E-state index in [4.69, 9.17) is 21.9 Å². The third-order valence-corrected chi connectivity index (χ3v) is 2.62. The minimum atomic E-state index is -0.380. The zero-order valence-electron chi connectivity index (χ0n) is 9.07. The lowest BCUT2D eigenvalue weighted by atomic mass is 10.0. The molecule has 0 amide bonds. The fourth-order valence-electron chi connectivity index (χ4n) is 1.57. The standard InChI is InChI=1S/C11H12ClN3O/c1-6-5-8(12)3-4-9(6)10(13)11-14-7(2)16-15-11/h3-5,10H,13H2,1-2H3. The van der Waals surface area contributed by atoms with Crippen molar-refractivity contribution in [3.63, 3.8) is 0 Å². The van der Waals surface area contributed by atoms with Gasteiger partial charge < -0.3 is 10.3 Å². The Kier molecular flexibility index (Phi) is 2.94. The molecule has 16 heavy (non-hydrogen) atoms. The molecule has 1 atom stereocenters. The smallest absolute Gasteiger partial charge is 0.223 e. The largest absolute Gasteiger partial charge is 0.340 e. The zero-order chi connectivity index (χ0) is 11.7. The van der Waals surface area contributed by atoms with Gasteiger partial charge in [-0.25, -0.2) is 0 Å². The van der Waals surface area contributed by atoms with Gasteiger partial charge in [0.15, 0.2) is 5.82 Å². The molecule has 0 aliphatic heterocycles. The Hall–Kier alpha value is -1.39. The van der Waals surface area contributed by atoms with E-state index in [1.807, 2.05) is 19.1 Å². The van der Waals surface area contributed by atoms with Gasteiger partial charge in [0.05, 0.1) is 6.04 Å². The fourth-order valence-corrected chi connectivity index (χ4v) is 1.80. The number of nitrogens with two attached hydrogens (primary N) is 1. The second kappa shape index (κ2) is 4.23. The van der Waals surface area contributed by atoms with Crippen LogP contribution in [-0.4, -0.2) is 10.1 Å². The summed E-state index contributed by atoms with van der Waals surface area (Å²) < 4.78 is 4.90. The zero-order valence-corrected chi connectivity index (χ0v) is 9.82. The number of hydrogen-bond donors (Lipinski definition) is 1. The predicted octanol–water partition coefficient (Wildman–Crippen LogP) is 2.39. The van der Waals surface area contributed by atoms with E-state index in [0.29, 0.717) is 16.7 Å². The summed E-state index contributed by atoms with van der Waals surface area (Å²) in [5, 5.41) is 4.50. The molecule has 0 aliphatic carbocycles. The van der Waals surface area contributed by atoms with Gasteiger partial charge >= 0.3 is 0 Å². The Labute approximate surface area is 98.4 Å². The third-order valence-electron chi connectivity index (χ3n) is 2.39. The Bertz CT molecular complexity index is 510. The summed E-state index contributed by atoms with van der Waals surface area (Å²) in [5.74, 6) is 1.000. The number of rotatable bonds is 2. The first-order valence-electron chi connectivity index (χ1n) is 4.90. The van der Waals surface area contributed by atoms with Crippen LogP contribution in [0.3, 0.4) is 0 Å². The molecule has 84 valence electrons. The molecule has 0 radical (unpaired) electrons. The van der Waals surface area contributed by atoms with E-state index in [1.54, 1.807) is 13.0 Å². The lowest BCUT2D eigenvalue weighted by Crippen LogP contribution is -2.14. The van der Waals surface area contributed by atoms with Gasteiger partial charge in [0.2, 0.25) is 5.89 Å². The highest BCUT2D eigenvalue weighted by Gasteiger charge is 2.16. The first-order valence-corrected chi connectivity index (χ1v) is 5.27. The van der Waals surface area contributed by atoms with Crippen LogP contribution < -0.4 is 5.73 Å². The Morgan fingerprint density at radius 2 is 2.12 bits per heavy atom. The van der Waals surface area contributed by atoms with E-state index in [9.17, 15) is 0 Å². The van der Waals surface area contributed by atoms with Crippen molar-refractivity contribution in [3.8, 4) is 0 Å².